The fraction of sp³-hybridized carbons (Fsp3) is 0.929. The van der Waals surface area contributed by atoms with Crippen molar-refractivity contribution in [2.75, 3.05) is 0 Å². The minimum atomic E-state index is 0.208. The second kappa shape index (κ2) is 3.24. The minimum absolute atomic E-state index is 0.208. The number of ether oxygens (including phenoxy) is 1. The molecule has 16 heavy (non-hydrogen) atoms. The van der Waals surface area contributed by atoms with E-state index in [-0.39, 0.29) is 11.5 Å². The molecule has 4 rings (SSSR count). The summed E-state index contributed by atoms with van der Waals surface area (Å²) in [5.74, 6) is 3.93. The molecule has 90 valence electrons. The van der Waals surface area contributed by atoms with Crippen LogP contribution in [0.5, 0.6) is 0 Å². The Morgan fingerprint density at radius 3 is 2.31 bits per heavy atom. The zero-order chi connectivity index (χ0) is 11.5. The van der Waals surface area contributed by atoms with E-state index < -0.39 is 0 Å². The first-order chi connectivity index (χ1) is 7.54. The van der Waals surface area contributed by atoms with Crippen LogP contribution in [0.4, 0.5) is 0 Å². The van der Waals surface area contributed by atoms with E-state index in [9.17, 15) is 4.79 Å². The van der Waals surface area contributed by atoms with Gasteiger partial charge in [0.25, 0.3) is 6.47 Å². The summed E-state index contributed by atoms with van der Waals surface area (Å²) in [6, 6.07) is 0. The molecule has 0 aromatic carbocycles. The van der Waals surface area contributed by atoms with Crippen LogP contribution >= 0.6 is 0 Å². The lowest BCUT2D eigenvalue weighted by Gasteiger charge is -2.52. The molecular formula is C14H22O2. The Balaban J connectivity index is 1.91. The van der Waals surface area contributed by atoms with Gasteiger partial charge in [-0.1, -0.05) is 20.8 Å². The Hall–Kier alpha value is -0.530. The summed E-state index contributed by atoms with van der Waals surface area (Å²) in [6.45, 7) is 7.59. The second-order valence-corrected chi connectivity index (χ2v) is 7.06. The Bertz CT molecular complexity index is 304. The molecule has 6 atom stereocenters. The highest BCUT2D eigenvalue weighted by atomic mass is 16.5. The van der Waals surface area contributed by atoms with Crippen molar-refractivity contribution >= 4 is 6.47 Å². The highest BCUT2D eigenvalue weighted by Gasteiger charge is 2.64. The van der Waals surface area contributed by atoms with Gasteiger partial charge in [-0.15, -0.1) is 0 Å². The van der Waals surface area contributed by atoms with Crippen molar-refractivity contribution in [3.05, 3.63) is 0 Å². The summed E-state index contributed by atoms with van der Waals surface area (Å²) < 4.78 is 5.47. The van der Waals surface area contributed by atoms with E-state index in [4.69, 9.17) is 4.74 Å². The van der Waals surface area contributed by atoms with Crippen LogP contribution in [0.2, 0.25) is 0 Å². The highest BCUT2D eigenvalue weighted by molar-refractivity contribution is 5.38. The van der Waals surface area contributed by atoms with Gasteiger partial charge in [-0.3, -0.25) is 4.79 Å². The smallest absolute Gasteiger partial charge is 0.293 e. The Morgan fingerprint density at radius 2 is 1.69 bits per heavy atom. The van der Waals surface area contributed by atoms with Crippen molar-refractivity contribution in [2.24, 2.45) is 35.0 Å². The molecule has 2 heteroatoms. The molecule has 4 saturated carbocycles. The number of fused-ring (bicyclic) bond motifs is 2. The van der Waals surface area contributed by atoms with Gasteiger partial charge < -0.3 is 4.74 Å². The van der Waals surface area contributed by atoms with Crippen LogP contribution in [-0.2, 0) is 9.53 Å². The SMILES string of the molecule is CC(C)(C)C1C2CCC(C3CC32)C1OC=O. The van der Waals surface area contributed by atoms with Gasteiger partial charge in [-0.2, -0.15) is 0 Å². The molecule has 0 saturated heterocycles. The lowest BCUT2D eigenvalue weighted by molar-refractivity contribution is -0.160. The van der Waals surface area contributed by atoms with Crippen molar-refractivity contribution in [3.63, 3.8) is 0 Å². The molecule has 2 bridgehead atoms. The molecule has 0 aliphatic heterocycles. The van der Waals surface area contributed by atoms with Crippen molar-refractivity contribution < 1.29 is 9.53 Å². The van der Waals surface area contributed by atoms with Crippen molar-refractivity contribution in [3.8, 4) is 0 Å². The summed E-state index contributed by atoms with van der Waals surface area (Å²) >= 11 is 0. The summed E-state index contributed by atoms with van der Waals surface area (Å²) in [7, 11) is 0. The lowest BCUT2D eigenvalue weighted by atomic mass is 9.56. The maximum Gasteiger partial charge on any atom is 0.293 e. The highest BCUT2D eigenvalue weighted by Crippen LogP contribution is 2.67. The summed E-state index contributed by atoms with van der Waals surface area (Å²) in [6.07, 6.45) is 4.27. The molecule has 0 heterocycles. The van der Waals surface area contributed by atoms with Crippen LogP contribution in [0.3, 0.4) is 0 Å². The predicted octanol–water partition coefficient (Wildman–Crippen LogP) is 2.87. The van der Waals surface area contributed by atoms with E-state index in [1.165, 1.54) is 19.3 Å². The summed E-state index contributed by atoms with van der Waals surface area (Å²) in [4.78, 5) is 10.7. The molecule has 0 N–H and O–H groups in total. The zero-order valence-electron chi connectivity index (χ0n) is 10.5. The number of hydrogen-bond acceptors (Lipinski definition) is 2. The van der Waals surface area contributed by atoms with Crippen LogP contribution in [0.15, 0.2) is 0 Å². The molecule has 4 aliphatic rings. The van der Waals surface area contributed by atoms with Crippen molar-refractivity contribution in [1.29, 1.82) is 0 Å². The van der Waals surface area contributed by atoms with Gasteiger partial charge in [0.05, 0.1) is 0 Å². The Labute approximate surface area is 97.7 Å². The molecule has 0 spiro atoms. The molecule has 6 unspecified atom stereocenters. The molecular weight excluding hydrogens is 200 g/mol. The average Bonchev–Trinajstić information content (AvgIpc) is 2.97. The van der Waals surface area contributed by atoms with Crippen LogP contribution in [0.1, 0.15) is 40.0 Å². The van der Waals surface area contributed by atoms with E-state index in [1.54, 1.807) is 0 Å². The van der Waals surface area contributed by atoms with Gasteiger partial charge in [-0.05, 0) is 48.3 Å². The second-order valence-electron chi connectivity index (χ2n) is 7.06. The topological polar surface area (TPSA) is 26.3 Å². The van der Waals surface area contributed by atoms with Crippen LogP contribution in [-0.4, -0.2) is 12.6 Å². The van der Waals surface area contributed by atoms with E-state index >= 15 is 0 Å². The first-order valence-corrected chi connectivity index (χ1v) is 6.63. The minimum Gasteiger partial charge on any atom is -0.464 e. The van der Waals surface area contributed by atoms with Gasteiger partial charge in [0, 0.05) is 5.92 Å². The summed E-state index contributed by atoms with van der Waals surface area (Å²) in [5.41, 5.74) is 0.268. The fourth-order valence-corrected chi connectivity index (χ4v) is 4.78. The molecule has 4 aliphatic carbocycles. The fourth-order valence-electron chi connectivity index (χ4n) is 4.78. The molecule has 2 nitrogen and oxygen atoms in total. The molecule has 0 aromatic rings. The first kappa shape index (κ1) is 10.6. The normalized spacial score (nSPS) is 49.7. The van der Waals surface area contributed by atoms with Gasteiger partial charge in [0.2, 0.25) is 0 Å². The predicted molar refractivity (Wildman–Crippen MR) is 61.7 cm³/mol. The lowest BCUT2D eigenvalue weighted by Crippen LogP contribution is -2.51. The van der Waals surface area contributed by atoms with Gasteiger partial charge >= 0.3 is 0 Å². The van der Waals surface area contributed by atoms with Crippen molar-refractivity contribution in [2.45, 2.75) is 46.1 Å². The first-order valence-electron chi connectivity index (χ1n) is 6.63. The van der Waals surface area contributed by atoms with E-state index in [2.05, 4.69) is 20.8 Å². The van der Waals surface area contributed by atoms with E-state index in [0.29, 0.717) is 18.3 Å². The van der Waals surface area contributed by atoms with E-state index in [1.807, 2.05) is 0 Å². The van der Waals surface area contributed by atoms with Gasteiger partial charge in [0.1, 0.15) is 6.10 Å². The maximum atomic E-state index is 10.7. The van der Waals surface area contributed by atoms with Crippen LogP contribution in [0.25, 0.3) is 0 Å². The number of carbonyl (C=O) groups is 1. The monoisotopic (exact) mass is 222 g/mol. The van der Waals surface area contributed by atoms with Crippen LogP contribution < -0.4 is 0 Å². The molecule has 4 fully saturated rings. The van der Waals surface area contributed by atoms with E-state index in [0.717, 1.165) is 17.8 Å². The molecule has 0 radical (unpaired) electrons. The van der Waals surface area contributed by atoms with Gasteiger partial charge in [0.15, 0.2) is 0 Å². The Morgan fingerprint density at radius 1 is 1.06 bits per heavy atom. The Kier molecular flexibility index (Phi) is 2.15. The summed E-state index contributed by atoms with van der Waals surface area (Å²) in [5, 5.41) is 0. The molecule has 0 amide bonds. The third-order valence-corrected chi connectivity index (χ3v) is 5.27. The third kappa shape index (κ3) is 1.34. The van der Waals surface area contributed by atoms with Crippen molar-refractivity contribution in [1.82, 2.24) is 0 Å². The largest absolute Gasteiger partial charge is 0.464 e. The quantitative estimate of drug-likeness (QED) is 0.672. The number of carbonyl (C=O) groups excluding carboxylic acids is 1. The average molecular weight is 222 g/mol. The molecule has 0 aromatic heterocycles. The number of hydrogen-bond donors (Lipinski definition) is 0. The maximum absolute atomic E-state index is 10.7. The van der Waals surface area contributed by atoms with Gasteiger partial charge in [-0.25, -0.2) is 0 Å². The zero-order valence-corrected chi connectivity index (χ0v) is 10.5. The standard InChI is InChI=1S/C14H22O2/c1-14(2,3)12-8-4-5-9(11-6-10(8)11)13(12)16-7-15/h7-13H,4-6H2,1-3H3. The van der Waals surface area contributed by atoms with Crippen LogP contribution in [0, 0.1) is 35.0 Å². The number of rotatable bonds is 2. The third-order valence-electron chi connectivity index (χ3n) is 5.27.